The summed E-state index contributed by atoms with van der Waals surface area (Å²) in [7, 11) is 0. The van der Waals surface area contributed by atoms with Crippen molar-refractivity contribution >= 4 is 63.3 Å². The van der Waals surface area contributed by atoms with Crippen LogP contribution in [0.15, 0.2) is 0 Å². The second-order valence-electron chi connectivity index (χ2n) is 3.85. The van der Waals surface area contributed by atoms with Crippen molar-refractivity contribution < 1.29 is 19.8 Å². The van der Waals surface area contributed by atoms with Gasteiger partial charge in [-0.3, -0.25) is 9.59 Å². The van der Waals surface area contributed by atoms with Crippen molar-refractivity contribution in [3.63, 3.8) is 0 Å². The third kappa shape index (κ3) is 4.88. The van der Waals surface area contributed by atoms with Gasteiger partial charge in [0.25, 0.3) is 0 Å². The molecule has 0 aliphatic rings. The van der Waals surface area contributed by atoms with Crippen molar-refractivity contribution in [3.05, 3.63) is 0 Å². The molecule has 0 amide bonds. The van der Waals surface area contributed by atoms with Crippen LogP contribution in [0.5, 0.6) is 0 Å². The Morgan fingerprint density at radius 3 is 1.79 bits per heavy atom. The average molecular weight is 228 g/mol. The predicted molar refractivity (Wildman–Crippen MR) is 54.6 cm³/mol. The van der Waals surface area contributed by atoms with Gasteiger partial charge in [-0.05, 0) is 11.8 Å². The van der Waals surface area contributed by atoms with Gasteiger partial charge in [0.2, 0.25) is 0 Å². The van der Waals surface area contributed by atoms with Crippen molar-refractivity contribution in [1.82, 2.24) is 0 Å². The summed E-state index contributed by atoms with van der Waals surface area (Å²) in [4.78, 5) is 21.4. The first-order valence-corrected chi connectivity index (χ1v) is 4.28. The van der Waals surface area contributed by atoms with E-state index in [1.807, 2.05) is 6.92 Å². The van der Waals surface area contributed by atoms with E-state index >= 15 is 0 Å². The Morgan fingerprint density at radius 2 is 1.57 bits per heavy atom. The summed E-state index contributed by atoms with van der Waals surface area (Å²) in [5.41, 5.74) is -0.688. The first-order chi connectivity index (χ1) is 5.83. The fourth-order valence-electron chi connectivity index (χ4n) is 1.56. The first-order valence-electron chi connectivity index (χ1n) is 4.28. The summed E-state index contributed by atoms with van der Waals surface area (Å²) in [6.45, 7) is 5.25. The van der Waals surface area contributed by atoms with Crippen LogP contribution in [0.2, 0.25) is 0 Å². The van der Waals surface area contributed by atoms with Gasteiger partial charge in [0.15, 0.2) is 5.92 Å². The van der Waals surface area contributed by atoms with E-state index in [2.05, 4.69) is 0 Å². The monoisotopic (exact) mass is 228 g/mol. The molecule has 0 rings (SSSR count). The molecule has 78 valence electrons. The zero-order chi connectivity index (χ0) is 10.6. The van der Waals surface area contributed by atoms with Crippen LogP contribution in [0.25, 0.3) is 0 Å². The topological polar surface area (TPSA) is 74.6 Å². The quantitative estimate of drug-likeness (QED) is 0.542. The van der Waals surface area contributed by atoms with Gasteiger partial charge in [-0.2, -0.15) is 0 Å². The molecular weight excluding hydrogens is 211 g/mol. The number of carboxylic acid groups (broad SMARTS) is 2. The van der Waals surface area contributed by atoms with Gasteiger partial charge in [-0.1, -0.05) is 27.2 Å². The molecule has 0 spiro atoms. The number of hydrogen-bond acceptors (Lipinski definition) is 2. The third-order valence-corrected chi connectivity index (χ3v) is 2.17. The van der Waals surface area contributed by atoms with Gasteiger partial charge in [-0.25, -0.2) is 0 Å². The summed E-state index contributed by atoms with van der Waals surface area (Å²) in [6.07, 6.45) is 1.38. The van der Waals surface area contributed by atoms with E-state index in [0.29, 0.717) is 6.42 Å². The molecule has 0 unspecified atom stereocenters. The number of aliphatic carboxylic acids is 2. The van der Waals surface area contributed by atoms with Crippen LogP contribution in [-0.2, 0) is 9.59 Å². The summed E-state index contributed by atoms with van der Waals surface area (Å²) >= 11 is 0. The number of hydrogen-bond donors (Lipinski definition) is 2. The van der Waals surface area contributed by atoms with Gasteiger partial charge < -0.3 is 10.2 Å². The zero-order valence-corrected chi connectivity index (χ0v) is 8.20. The second-order valence-corrected chi connectivity index (χ2v) is 3.85. The Hall–Kier alpha value is 0.576. The van der Waals surface area contributed by atoms with E-state index in [9.17, 15) is 9.59 Å². The van der Waals surface area contributed by atoms with Crippen LogP contribution >= 0.6 is 0 Å². The molecule has 2 N–H and O–H groups in total. The van der Waals surface area contributed by atoms with E-state index in [4.69, 9.17) is 10.2 Å². The molecule has 0 aromatic rings. The Morgan fingerprint density at radius 1 is 1.21 bits per heavy atom. The van der Waals surface area contributed by atoms with Crippen LogP contribution in [0, 0.1) is 11.3 Å². The predicted octanol–water partition coefficient (Wildman–Crippen LogP) is 0.950. The second kappa shape index (κ2) is 6.95. The maximum atomic E-state index is 10.7. The van der Waals surface area contributed by atoms with E-state index in [-0.39, 0.29) is 51.4 Å². The van der Waals surface area contributed by atoms with E-state index in [0.717, 1.165) is 6.42 Å². The fourth-order valence-corrected chi connectivity index (χ4v) is 1.56. The molecule has 0 fully saturated rings. The Bertz CT molecular complexity index is 199. The van der Waals surface area contributed by atoms with Crippen molar-refractivity contribution in [2.24, 2.45) is 11.3 Å². The molecule has 0 aliphatic heterocycles. The van der Waals surface area contributed by atoms with E-state index in [1.54, 1.807) is 13.8 Å². The molecule has 0 atom stereocenters. The van der Waals surface area contributed by atoms with Crippen molar-refractivity contribution in [2.45, 2.75) is 33.6 Å². The van der Waals surface area contributed by atoms with Crippen LogP contribution in [-0.4, -0.2) is 73.5 Å². The van der Waals surface area contributed by atoms with E-state index in [1.165, 1.54) is 0 Å². The molecule has 0 bridgehead atoms. The molecule has 0 aliphatic carbocycles. The van der Waals surface area contributed by atoms with E-state index < -0.39 is 23.3 Å². The number of carboxylic acids is 2. The Labute approximate surface area is 126 Å². The maximum absolute atomic E-state index is 10.7. The van der Waals surface area contributed by atoms with Gasteiger partial charge in [0.05, 0.1) is 0 Å². The third-order valence-electron chi connectivity index (χ3n) is 2.17. The Balaban J connectivity index is 0. The normalized spacial score (nSPS) is 10.9. The molecule has 0 saturated heterocycles. The summed E-state index contributed by atoms with van der Waals surface area (Å²) < 4.78 is 0. The minimum absolute atomic E-state index is 0. The van der Waals surface area contributed by atoms with Crippen molar-refractivity contribution in [2.75, 3.05) is 0 Å². The average Bonchev–Trinajstić information content (AvgIpc) is 1.82. The number of carbonyl (C=O) groups is 2. The van der Waals surface area contributed by atoms with Crippen LogP contribution in [0.1, 0.15) is 33.6 Å². The molecule has 4 nitrogen and oxygen atoms in total. The van der Waals surface area contributed by atoms with Crippen LogP contribution in [0.4, 0.5) is 0 Å². The molecular formula is C9H17KO4. The minimum atomic E-state index is -1.31. The van der Waals surface area contributed by atoms with Gasteiger partial charge in [-0.15, -0.1) is 0 Å². The Kier molecular flexibility index (Phi) is 8.43. The molecule has 0 heterocycles. The van der Waals surface area contributed by atoms with Crippen LogP contribution < -0.4 is 0 Å². The molecule has 0 aromatic carbocycles. The SMILES string of the molecule is CCCC(C)(C)C(C(=O)O)C(=O)O.[KH]. The fraction of sp³-hybridized carbons (Fsp3) is 0.778. The summed E-state index contributed by atoms with van der Waals surface area (Å²) in [6, 6.07) is 0. The summed E-state index contributed by atoms with van der Waals surface area (Å²) in [5, 5.41) is 17.5. The first kappa shape index (κ1) is 17.0. The van der Waals surface area contributed by atoms with Gasteiger partial charge in [0, 0.05) is 0 Å². The van der Waals surface area contributed by atoms with Crippen molar-refractivity contribution in [3.8, 4) is 0 Å². The molecule has 0 saturated carbocycles. The standard InChI is InChI=1S/C9H16O4.K.H/c1-4-5-9(2,3)6(7(10)11)8(12)13;;/h6H,4-5H2,1-3H3,(H,10,11)(H,12,13);;. The van der Waals surface area contributed by atoms with Gasteiger partial charge in [0.1, 0.15) is 0 Å². The molecule has 5 heteroatoms. The molecule has 0 radical (unpaired) electrons. The molecule has 0 aromatic heterocycles. The van der Waals surface area contributed by atoms with Gasteiger partial charge >= 0.3 is 63.3 Å². The molecule has 14 heavy (non-hydrogen) atoms. The summed E-state index contributed by atoms with van der Waals surface area (Å²) in [5.74, 6) is -3.83. The van der Waals surface area contributed by atoms with Crippen LogP contribution in [0.3, 0.4) is 0 Å². The zero-order valence-electron chi connectivity index (χ0n) is 8.20. The van der Waals surface area contributed by atoms with Crippen molar-refractivity contribution in [1.29, 1.82) is 0 Å². The number of rotatable bonds is 5.